The second-order valence-electron chi connectivity index (χ2n) is 3.83. The van der Waals surface area contributed by atoms with Crippen molar-refractivity contribution in [2.24, 2.45) is 0 Å². The van der Waals surface area contributed by atoms with Crippen molar-refractivity contribution in [2.45, 2.75) is 0 Å². The zero-order valence-corrected chi connectivity index (χ0v) is 11.6. The number of hydrogen-bond donors (Lipinski definition) is 4. The molecule has 0 aliphatic heterocycles. The summed E-state index contributed by atoms with van der Waals surface area (Å²) in [6, 6.07) is 5.48. The first-order valence-electron chi connectivity index (χ1n) is 5.24. The Morgan fingerprint density at radius 2 is 1.55 bits per heavy atom. The van der Waals surface area contributed by atoms with E-state index in [0.717, 1.165) is 12.3 Å². The standard InChI is InChI=1S/C10H10N2O6P2/c13-19(14,15)8-4-6-12-9(10(8)20(16,17)18)7-3-1-2-5-11-7/h1-6H,(H2,13,14,15)(H2,16,17,18). The highest BCUT2D eigenvalue weighted by atomic mass is 31.2. The molecule has 2 aromatic heterocycles. The first-order chi connectivity index (χ1) is 9.21. The van der Waals surface area contributed by atoms with Gasteiger partial charge in [0.15, 0.2) is 0 Å². The van der Waals surface area contributed by atoms with Gasteiger partial charge in [-0.3, -0.25) is 19.1 Å². The summed E-state index contributed by atoms with van der Waals surface area (Å²) in [7, 11) is -9.81. The lowest BCUT2D eigenvalue weighted by molar-refractivity contribution is 0.381. The fourth-order valence-corrected chi connectivity index (χ4v) is 3.90. The normalized spacial score (nSPS) is 12.4. The van der Waals surface area contributed by atoms with Crippen LogP contribution in [0.15, 0.2) is 36.7 Å². The highest BCUT2D eigenvalue weighted by Gasteiger charge is 2.34. The van der Waals surface area contributed by atoms with Gasteiger partial charge in [-0.05, 0) is 18.2 Å². The van der Waals surface area contributed by atoms with Gasteiger partial charge in [0.05, 0.1) is 11.0 Å². The summed E-state index contributed by atoms with van der Waals surface area (Å²) in [6.45, 7) is 0. The minimum absolute atomic E-state index is 0.112. The van der Waals surface area contributed by atoms with Crippen molar-refractivity contribution in [3.63, 3.8) is 0 Å². The molecule has 10 heteroatoms. The first kappa shape index (κ1) is 15.0. The van der Waals surface area contributed by atoms with Crippen molar-refractivity contribution in [1.82, 2.24) is 9.97 Å². The maximum Gasteiger partial charge on any atom is 0.359 e. The van der Waals surface area contributed by atoms with Crippen LogP contribution in [0.2, 0.25) is 0 Å². The van der Waals surface area contributed by atoms with Gasteiger partial charge in [-0.25, -0.2) is 0 Å². The maximum atomic E-state index is 11.6. The maximum absolute atomic E-state index is 11.6. The van der Waals surface area contributed by atoms with Gasteiger partial charge in [0.2, 0.25) is 0 Å². The summed E-state index contributed by atoms with van der Waals surface area (Å²) in [5, 5.41) is -1.55. The van der Waals surface area contributed by atoms with Gasteiger partial charge in [0.1, 0.15) is 11.0 Å². The molecular weight excluding hydrogens is 306 g/mol. The summed E-state index contributed by atoms with van der Waals surface area (Å²) < 4.78 is 23.0. The molecule has 0 aliphatic rings. The lowest BCUT2D eigenvalue weighted by Gasteiger charge is -2.15. The van der Waals surface area contributed by atoms with Gasteiger partial charge in [0, 0.05) is 12.4 Å². The zero-order chi connectivity index (χ0) is 15.0. The Labute approximate surface area is 113 Å². The molecular formula is C10H10N2O6P2. The molecule has 0 aromatic carbocycles. The second kappa shape index (κ2) is 5.18. The first-order valence-corrected chi connectivity index (χ1v) is 8.46. The fourth-order valence-electron chi connectivity index (χ4n) is 1.66. The Kier molecular flexibility index (Phi) is 3.88. The molecule has 0 bridgehead atoms. The van der Waals surface area contributed by atoms with Crippen molar-refractivity contribution >= 4 is 25.8 Å². The Morgan fingerprint density at radius 1 is 0.850 bits per heavy atom. The van der Waals surface area contributed by atoms with E-state index in [1.54, 1.807) is 12.1 Å². The Morgan fingerprint density at radius 3 is 2.05 bits per heavy atom. The molecule has 0 amide bonds. The summed E-state index contributed by atoms with van der Waals surface area (Å²) in [4.78, 5) is 44.9. The van der Waals surface area contributed by atoms with Crippen molar-refractivity contribution in [3.8, 4) is 11.4 Å². The molecule has 2 heterocycles. The largest absolute Gasteiger partial charge is 0.359 e. The Hall–Kier alpha value is -1.40. The predicted molar refractivity (Wildman–Crippen MR) is 70.8 cm³/mol. The van der Waals surface area contributed by atoms with Crippen LogP contribution < -0.4 is 10.6 Å². The van der Waals surface area contributed by atoms with E-state index in [9.17, 15) is 28.7 Å². The molecule has 2 rings (SSSR count). The van der Waals surface area contributed by atoms with Crippen LogP contribution >= 0.6 is 15.2 Å². The minimum Gasteiger partial charge on any atom is -0.321 e. The second-order valence-corrected chi connectivity index (χ2v) is 6.94. The van der Waals surface area contributed by atoms with E-state index in [0.29, 0.717) is 0 Å². The van der Waals surface area contributed by atoms with Gasteiger partial charge in [-0.2, -0.15) is 0 Å². The predicted octanol–water partition coefficient (Wildman–Crippen LogP) is -0.250. The molecule has 0 aliphatic carbocycles. The molecule has 8 nitrogen and oxygen atoms in total. The van der Waals surface area contributed by atoms with Crippen LogP contribution in [0.5, 0.6) is 0 Å². The molecule has 106 valence electrons. The fraction of sp³-hybridized carbons (Fsp3) is 0. The molecule has 0 fully saturated rings. The summed E-state index contributed by atoms with van der Waals surface area (Å²) in [5.74, 6) is 0. The lowest BCUT2D eigenvalue weighted by atomic mass is 10.2. The molecule has 0 unspecified atom stereocenters. The molecule has 0 saturated carbocycles. The Balaban J connectivity index is 2.84. The van der Waals surface area contributed by atoms with Crippen molar-refractivity contribution < 1.29 is 28.7 Å². The van der Waals surface area contributed by atoms with Gasteiger partial charge < -0.3 is 19.6 Å². The van der Waals surface area contributed by atoms with Crippen molar-refractivity contribution in [2.75, 3.05) is 0 Å². The van der Waals surface area contributed by atoms with E-state index >= 15 is 0 Å². The van der Waals surface area contributed by atoms with Gasteiger partial charge >= 0.3 is 15.2 Å². The van der Waals surface area contributed by atoms with Gasteiger partial charge in [-0.15, -0.1) is 0 Å². The smallest absolute Gasteiger partial charge is 0.321 e. The summed E-state index contributed by atoms with van der Waals surface area (Å²) in [6.07, 6.45) is 2.45. The lowest BCUT2D eigenvalue weighted by Crippen LogP contribution is -2.28. The van der Waals surface area contributed by atoms with E-state index in [1.165, 1.54) is 12.3 Å². The third-order valence-corrected chi connectivity index (χ3v) is 4.63. The number of rotatable bonds is 3. The zero-order valence-electron chi connectivity index (χ0n) is 9.86. The SMILES string of the molecule is O=P(O)(O)c1ccnc(-c2ccccn2)c1P(=O)(O)O. The third kappa shape index (κ3) is 3.02. The monoisotopic (exact) mass is 316 g/mol. The van der Waals surface area contributed by atoms with E-state index in [1.807, 2.05) is 0 Å². The third-order valence-electron chi connectivity index (χ3n) is 2.42. The van der Waals surface area contributed by atoms with Crippen molar-refractivity contribution in [1.29, 1.82) is 0 Å². The average Bonchev–Trinajstić information content (AvgIpc) is 2.37. The molecule has 4 N–H and O–H groups in total. The quantitative estimate of drug-likeness (QED) is 0.568. The number of pyridine rings is 2. The van der Waals surface area contributed by atoms with E-state index < -0.39 is 25.8 Å². The molecule has 20 heavy (non-hydrogen) atoms. The van der Waals surface area contributed by atoms with Crippen LogP contribution in [-0.4, -0.2) is 29.5 Å². The summed E-state index contributed by atoms with van der Waals surface area (Å²) >= 11 is 0. The van der Waals surface area contributed by atoms with E-state index in [2.05, 4.69) is 9.97 Å². The molecule has 0 spiro atoms. The van der Waals surface area contributed by atoms with E-state index in [4.69, 9.17) is 0 Å². The van der Waals surface area contributed by atoms with Crippen LogP contribution in [0, 0.1) is 0 Å². The number of aromatic nitrogens is 2. The molecule has 0 saturated heterocycles. The van der Waals surface area contributed by atoms with Crippen LogP contribution in [0.3, 0.4) is 0 Å². The van der Waals surface area contributed by atoms with E-state index in [-0.39, 0.29) is 11.4 Å². The van der Waals surface area contributed by atoms with Crippen LogP contribution in [-0.2, 0) is 9.13 Å². The van der Waals surface area contributed by atoms with Crippen LogP contribution in [0.1, 0.15) is 0 Å². The van der Waals surface area contributed by atoms with Gasteiger partial charge in [0.25, 0.3) is 0 Å². The van der Waals surface area contributed by atoms with Crippen LogP contribution in [0.25, 0.3) is 11.4 Å². The number of nitrogens with zero attached hydrogens (tertiary/aromatic N) is 2. The average molecular weight is 316 g/mol. The van der Waals surface area contributed by atoms with Gasteiger partial charge in [-0.1, -0.05) is 6.07 Å². The topological polar surface area (TPSA) is 141 Å². The minimum atomic E-state index is -4.95. The Bertz CT molecular complexity index is 724. The number of hydrogen-bond acceptors (Lipinski definition) is 4. The molecule has 2 aromatic rings. The van der Waals surface area contributed by atoms with Crippen molar-refractivity contribution in [3.05, 3.63) is 36.7 Å². The van der Waals surface area contributed by atoms with Crippen LogP contribution in [0.4, 0.5) is 0 Å². The summed E-state index contributed by atoms with van der Waals surface area (Å²) in [5.41, 5.74) is -0.138. The highest BCUT2D eigenvalue weighted by Crippen LogP contribution is 2.42. The molecule has 0 atom stereocenters. The molecule has 0 radical (unpaired) electrons. The highest BCUT2D eigenvalue weighted by molar-refractivity contribution is 7.67.